The number of amides is 2. The molecular formula is C24H19Cl3N2O4. The molecule has 2 amide bonds. The number of imide groups is 1. The standard InChI is InChI=1S/C24H19Cl3N2O4/c1-32-19-8-13(7-18(27)22(19)33-11-12-2-5-16(25)17(26)6-12)10-28-29-23(30)20-14-3-4-15(9-14)21(20)24(29)31/h2-8,10,14-15,20-21H,9,11H2,1H3/t14-,15-,20-,21+/m0/s1. The van der Waals surface area contributed by atoms with Crippen molar-refractivity contribution < 1.29 is 19.1 Å². The molecular weight excluding hydrogens is 487 g/mol. The highest BCUT2D eigenvalue weighted by Crippen LogP contribution is 2.52. The molecule has 0 radical (unpaired) electrons. The quantitative estimate of drug-likeness (QED) is 0.300. The maximum atomic E-state index is 12.8. The van der Waals surface area contributed by atoms with Gasteiger partial charge in [0.05, 0.1) is 40.2 Å². The minimum absolute atomic E-state index is 0.137. The van der Waals surface area contributed by atoms with Gasteiger partial charge >= 0.3 is 0 Å². The van der Waals surface area contributed by atoms with Crippen molar-refractivity contribution in [3.05, 3.63) is 68.7 Å². The minimum atomic E-state index is -0.292. The molecule has 0 unspecified atom stereocenters. The van der Waals surface area contributed by atoms with Crippen molar-refractivity contribution >= 4 is 52.8 Å². The lowest BCUT2D eigenvalue weighted by atomic mass is 9.85. The highest BCUT2D eigenvalue weighted by atomic mass is 35.5. The molecule has 1 saturated carbocycles. The first-order valence-electron chi connectivity index (χ1n) is 10.4. The average molecular weight is 506 g/mol. The van der Waals surface area contributed by atoms with Crippen molar-refractivity contribution in [3.63, 3.8) is 0 Å². The Hall–Kier alpha value is -2.54. The molecule has 170 valence electrons. The Bertz CT molecular complexity index is 1180. The summed E-state index contributed by atoms with van der Waals surface area (Å²) in [6.45, 7) is 0.205. The van der Waals surface area contributed by atoms with E-state index in [-0.39, 0.29) is 42.1 Å². The Morgan fingerprint density at radius 3 is 2.33 bits per heavy atom. The van der Waals surface area contributed by atoms with Crippen LogP contribution in [0.15, 0.2) is 47.6 Å². The van der Waals surface area contributed by atoms with Gasteiger partial charge in [0.15, 0.2) is 11.5 Å². The van der Waals surface area contributed by atoms with Crippen LogP contribution in [0.25, 0.3) is 0 Å². The largest absolute Gasteiger partial charge is 0.493 e. The van der Waals surface area contributed by atoms with Gasteiger partial charge in [-0.1, -0.05) is 53.0 Å². The molecule has 0 N–H and O–H groups in total. The van der Waals surface area contributed by atoms with E-state index in [4.69, 9.17) is 44.3 Å². The number of allylic oxidation sites excluding steroid dienone is 2. The molecule has 2 aromatic rings. The van der Waals surface area contributed by atoms with Gasteiger partial charge in [-0.2, -0.15) is 10.1 Å². The molecule has 33 heavy (non-hydrogen) atoms. The maximum absolute atomic E-state index is 12.8. The van der Waals surface area contributed by atoms with Crippen molar-refractivity contribution in [2.45, 2.75) is 13.0 Å². The third-order valence-electron chi connectivity index (χ3n) is 6.39. The van der Waals surface area contributed by atoms with Crippen LogP contribution in [0.1, 0.15) is 17.5 Å². The van der Waals surface area contributed by atoms with E-state index in [9.17, 15) is 9.59 Å². The summed E-state index contributed by atoms with van der Waals surface area (Å²) in [6.07, 6.45) is 6.40. The second-order valence-corrected chi connectivity index (χ2v) is 9.53. The number of rotatable bonds is 6. The van der Waals surface area contributed by atoms with Crippen LogP contribution in [0.3, 0.4) is 0 Å². The van der Waals surface area contributed by atoms with Crippen molar-refractivity contribution in [2.24, 2.45) is 28.8 Å². The van der Waals surface area contributed by atoms with Crippen LogP contribution in [0.5, 0.6) is 11.5 Å². The number of hydrazone groups is 1. The Labute approximate surface area is 205 Å². The van der Waals surface area contributed by atoms with E-state index in [1.807, 2.05) is 12.2 Å². The number of hydrogen-bond acceptors (Lipinski definition) is 5. The molecule has 9 heteroatoms. The van der Waals surface area contributed by atoms with E-state index < -0.39 is 0 Å². The van der Waals surface area contributed by atoms with Crippen LogP contribution in [0.2, 0.25) is 15.1 Å². The van der Waals surface area contributed by atoms with Gasteiger partial charge in [-0.15, -0.1) is 0 Å². The second kappa shape index (κ2) is 8.67. The van der Waals surface area contributed by atoms with Gasteiger partial charge in [-0.3, -0.25) is 9.59 Å². The van der Waals surface area contributed by atoms with E-state index in [1.54, 1.807) is 30.3 Å². The van der Waals surface area contributed by atoms with Gasteiger partial charge in [0.1, 0.15) is 6.61 Å². The predicted molar refractivity (Wildman–Crippen MR) is 126 cm³/mol. The normalized spacial score (nSPS) is 25.4. The summed E-state index contributed by atoms with van der Waals surface area (Å²) in [7, 11) is 1.50. The molecule has 2 bridgehead atoms. The van der Waals surface area contributed by atoms with Crippen LogP contribution < -0.4 is 9.47 Å². The Kier molecular flexibility index (Phi) is 5.85. The molecule has 1 aliphatic heterocycles. The van der Waals surface area contributed by atoms with Gasteiger partial charge in [-0.25, -0.2) is 0 Å². The molecule has 3 aliphatic rings. The van der Waals surface area contributed by atoms with E-state index >= 15 is 0 Å². The molecule has 1 heterocycles. The third kappa shape index (κ3) is 3.90. The van der Waals surface area contributed by atoms with Gasteiger partial charge in [0.2, 0.25) is 0 Å². The molecule has 2 aromatic carbocycles. The monoisotopic (exact) mass is 504 g/mol. The highest BCUT2D eigenvalue weighted by Gasteiger charge is 2.59. The SMILES string of the molecule is COc1cc(C=NN2C(=O)[C@@H]3[C@H](C2=O)[C@H]2C=C[C@H]3C2)cc(Cl)c1OCc1ccc(Cl)c(Cl)c1. The summed E-state index contributed by atoms with van der Waals surface area (Å²) in [5.41, 5.74) is 1.38. The lowest BCUT2D eigenvalue weighted by Crippen LogP contribution is -2.28. The number of halogens is 3. The number of ether oxygens (including phenoxy) is 2. The Balaban J connectivity index is 1.33. The van der Waals surface area contributed by atoms with Gasteiger partial charge in [0.25, 0.3) is 11.8 Å². The topological polar surface area (TPSA) is 68.2 Å². The fourth-order valence-corrected chi connectivity index (χ4v) is 5.46. The predicted octanol–water partition coefficient (Wildman–Crippen LogP) is 5.38. The Morgan fingerprint density at radius 1 is 1.00 bits per heavy atom. The van der Waals surface area contributed by atoms with Crippen molar-refractivity contribution in [1.29, 1.82) is 0 Å². The number of benzene rings is 2. The lowest BCUT2D eigenvalue weighted by molar-refractivity contribution is -0.140. The van der Waals surface area contributed by atoms with Crippen LogP contribution in [-0.4, -0.2) is 30.1 Å². The number of methoxy groups -OCH3 is 1. The maximum Gasteiger partial charge on any atom is 0.254 e. The van der Waals surface area contributed by atoms with E-state index in [1.165, 1.54) is 13.3 Å². The van der Waals surface area contributed by atoms with Crippen LogP contribution >= 0.6 is 34.8 Å². The van der Waals surface area contributed by atoms with Gasteiger partial charge in [-0.05, 0) is 53.6 Å². The van der Waals surface area contributed by atoms with Crippen molar-refractivity contribution in [1.82, 2.24) is 5.01 Å². The molecule has 0 spiro atoms. The van der Waals surface area contributed by atoms with Crippen LogP contribution in [0.4, 0.5) is 0 Å². The zero-order valence-corrected chi connectivity index (χ0v) is 19.8. The molecule has 6 nitrogen and oxygen atoms in total. The summed E-state index contributed by atoms with van der Waals surface area (Å²) in [5, 5.41) is 6.38. The zero-order valence-electron chi connectivity index (χ0n) is 17.5. The minimum Gasteiger partial charge on any atom is -0.493 e. The molecule has 4 atom stereocenters. The lowest BCUT2D eigenvalue weighted by Gasteiger charge is -2.14. The highest BCUT2D eigenvalue weighted by molar-refractivity contribution is 6.42. The van der Waals surface area contributed by atoms with E-state index in [0.29, 0.717) is 32.1 Å². The van der Waals surface area contributed by atoms with E-state index in [0.717, 1.165) is 17.0 Å². The second-order valence-electron chi connectivity index (χ2n) is 8.30. The summed E-state index contributed by atoms with van der Waals surface area (Å²) < 4.78 is 11.3. The smallest absolute Gasteiger partial charge is 0.254 e. The van der Waals surface area contributed by atoms with E-state index in [2.05, 4.69) is 5.10 Å². The number of hydrogen-bond donors (Lipinski definition) is 0. The zero-order chi connectivity index (χ0) is 23.3. The average Bonchev–Trinajstić information content (AvgIpc) is 3.48. The summed E-state index contributed by atoms with van der Waals surface area (Å²) in [4.78, 5) is 25.6. The fourth-order valence-electron chi connectivity index (χ4n) is 4.86. The molecule has 2 aliphatic carbocycles. The molecule has 0 aromatic heterocycles. The fraction of sp³-hybridized carbons (Fsp3) is 0.292. The van der Waals surface area contributed by atoms with Crippen LogP contribution in [-0.2, 0) is 16.2 Å². The summed E-state index contributed by atoms with van der Waals surface area (Å²) in [5.74, 6) is -0.0401. The van der Waals surface area contributed by atoms with Crippen LogP contribution in [0, 0.1) is 23.7 Å². The molecule has 2 fully saturated rings. The first kappa shape index (κ1) is 22.3. The van der Waals surface area contributed by atoms with Crippen molar-refractivity contribution in [3.8, 4) is 11.5 Å². The molecule has 1 saturated heterocycles. The number of fused-ring (bicyclic) bond motifs is 5. The third-order valence-corrected chi connectivity index (χ3v) is 7.41. The first-order chi connectivity index (χ1) is 15.9. The summed E-state index contributed by atoms with van der Waals surface area (Å²) in [6, 6.07) is 8.52. The Morgan fingerprint density at radius 2 is 1.70 bits per heavy atom. The van der Waals surface area contributed by atoms with Gasteiger partial charge < -0.3 is 9.47 Å². The first-order valence-corrected chi connectivity index (χ1v) is 11.5. The number of carbonyl (C=O) groups is 2. The number of nitrogens with zero attached hydrogens (tertiary/aromatic N) is 2. The van der Waals surface area contributed by atoms with Crippen molar-refractivity contribution in [2.75, 3.05) is 7.11 Å². The number of carbonyl (C=O) groups excluding carboxylic acids is 2. The molecule has 5 rings (SSSR count). The van der Waals surface area contributed by atoms with Gasteiger partial charge in [0, 0.05) is 0 Å². The summed E-state index contributed by atoms with van der Waals surface area (Å²) >= 11 is 18.5.